The van der Waals surface area contributed by atoms with Crippen molar-refractivity contribution in [2.75, 3.05) is 11.9 Å². The number of hydrogen-bond donors (Lipinski definition) is 2. The molecule has 122 valence electrons. The third kappa shape index (κ3) is 4.52. The SMILES string of the molecule is CCCCNC(=O)c1cc(Nc2c(C)cccc2CC)ncn1. The Kier molecular flexibility index (Phi) is 6.09. The number of unbranched alkanes of at least 4 members (excludes halogenated alkanes) is 1. The normalized spacial score (nSPS) is 10.4. The molecule has 23 heavy (non-hydrogen) atoms. The van der Waals surface area contributed by atoms with Crippen LogP contribution in [0.4, 0.5) is 11.5 Å². The van der Waals surface area contributed by atoms with Gasteiger partial charge < -0.3 is 10.6 Å². The van der Waals surface area contributed by atoms with E-state index >= 15 is 0 Å². The maximum absolute atomic E-state index is 12.1. The van der Waals surface area contributed by atoms with Gasteiger partial charge in [-0.1, -0.05) is 38.5 Å². The van der Waals surface area contributed by atoms with Crippen LogP contribution in [-0.4, -0.2) is 22.4 Å². The van der Waals surface area contributed by atoms with E-state index in [1.165, 1.54) is 11.9 Å². The molecule has 0 aliphatic carbocycles. The Bertz CT molecular complexity index is 670. The first-order valence-electron chi connectivity index (χ1n) is 8.11. The second-order valence-electron chi connectivity index (χ2n) is 5.49. The summed E-state index contributed by atoms with van der Waals surface area (Å²) in [5.74, 6) is 0.467. The fourth-order valence-corrected chi connectivity index (χ4v) is 2.35. The Morgan fingerprint density at radius 1 is 1.22 bits per heavy atom. The predicted molar refractivity (Wildman–Crippen MR) is 93.1 cm³/mol. The van der Waals surface area contributed by atoms with Crippen molar-refractivity contribution in [3.63, 3.8) is 0 Å². The van der Waals surface area contributed by atoms with Crippen LogP contribution in [0.3, 0.4) is 0 Å². The molecule has 0 saturated carbocycles. The summed E-state index contributed by atoms with van der Waals surface area (Å²) in [4.78, 5) is 20.4. The molecule has 1 aromatic carbocycles. The fourth-order valence-electron chi connectivity index (χ4n) is 2.35. The smallest absolute Gasteiger partial charge is 0.270 e. The minimum atomic E-state index is -0.163. The lowest BCUT2D eigenvalue weighted by atomic mass is 10.1. The Labute approximate surface area is 137 Å². The molecule has 1 amide bonds. The highest BCUT2D eigenvalue weighted by atomic mass is 16.1. The first-order valence-corrected chi connectivity index (χ1v) is 8.11. The first-order chi connectivity index (χ1) is 11.2. The molecule has 0 unspecified atom stereocenters. The highest BCUT2D eigenvalue weighted by Gasteiger charge is 2.10. The van der Waals surface area contributed by atoms with E-state index < -0.39 is 0 Å². The minimum Gasteiger partial charge on any atom is -0.351 e. The van der Waals surface area contributed by atoms with Gasteiger partial charge in [-0.2, -0.15) is 0 Å². The maximum atomic E-state index is 12.1. The van der Waals surface area contributed by atoms with Gasteiger partial charge in [-0.05, 0) is 30.9 Å². The first kappa shape index (κ1) is 16.9. The van der Waals surface area contributed by atoms with Crippen LogP contribution < -0.4 is 10.6 Å². The monoisotopic (exact) mass is 312 g/mol. The van der Waals surface area contributed by atoms with Crippen LogP contribution in [0, 0.1) is 6.92 Å². The average molecular weight is 312 g/mol. The van der Waals surface area contributed by atoms with Gasteiger partial charge in [0.15, 0.2) is 0 Å². The molecule has 0 saturated heterocycles. The third-order valence-electron chi connectivity index (χ3n) is 3.71. The van der Waals surface area contributed by atoms with Crippen LogP contribution in [0.25, 0.3) is 0 Å². The number of nitrogens with zero attached hydrogens (tertiary/aromatic N) is 2. The highest BCUT2D eigenvalue weighted by molar-refractivity contribution is 5.93. The number of aromatic nitrogens is 2. The molecule has 0 bridgehead atoms. The van der Waals surface area contributed by atoms with Crippen molar-refractivity contribution in [1.29, 1.82) is 0 Å². The topological polar surface area (TPSA) is 66.9 Å². The summed E-state index contributed by atoms with van der Waals surface area (Å²) in [5.41, 5.74) is 3.80. The number of benzene rings is 1. The lowest BCUT2D eigenvalue weighted by Gasteiger charge is -2.13. The number of hydrogen-bond acceptors (Lipinski definition) is 4. The van der Waals surface area contributed by atoms with Crippen molar-refractivity contribution in [3.05, 3.63) is 47.4 Å². The molecular formula is C18H24N4O. The van der Waals surface area contributed by atoms with E-state index in [4.69, 9.17) is 0 Å². The van der Waals surface area contributed by atoms with Crippen molar-refractivity contribution in [2.24, 2.45) is 0 Å². The summed E-state index contributed by atoms with van der Waals surface area (Å²) < 4.78 is 0. The molecule has 5 heteroatoms. The number of anilines is 2. The van der Waals surface area contributed by atoms with Gasteiger partial charge >= 0.3 is 0 Å². The number of carbonyl (C=O) groups excluding carboxylic acids is 1. The van der Waals surface area contributed by atoms with Crippen molar-refractivity contribution in [3.8, 4) is 0 Å². The lowest BCUT2D eigenvalue weighted by molar-refractivity contribution is 0.0948. The van der Waals surface area contributed by atoms with Crippen LogP contribution in [0.1, 0.15) is 48.3 Å². The summed E-state index contributed by atoms with van der Waals surface area (Å²) >= 11 is 0. The molecule has 1 heterocycles. The zero-order valence-electron chi connectivity index (χ0n) is 14.0. The van der Waals surface area contributed by atoms with Crippen LogP contribution in [0.15, 0.2) is 30.6 Å². The van der Waals surface area contributed by atoms with Gasteiger partial charge in [0.1, 0.15) is 17.8 Å². The van der Waals surface area contributed by atoms with E-state index in [0.29, 0.717) is 18.1 Å². The Morgan fingerprint density at radius 2 is 2.04 bits per heavy atom. The molecular weight excluding hydrogens is 288 g/mol. The van der Waals surface area contributed by atoms with E-state index in [0.717, 1.165) is 30.5 Å². The summed E-state index contributed by atoms with van der Waals surface area (Å²) in [6.07, 6.45) is 4.36. The lowest BCUT2D eigenvalue weighted by Crippen LogP contribution is -2.25. The predicted octanol–water partition coefficient (Wildman–Crippen LogP) is 3.62. The molecule has 0 fully saturated rings. The van der Waals surface area contributed by atoms with Gasteiger partial charge in [0, 0.05) is 18.3 Å². The van der Waals surface area contributed by atoms with Crippen LogP contribution in [-0.2, 0) is 6.42 Å². The number of nitrogens with one attached hydrogen (secondary N) is 2. The molecule has 5 nitrogen and oxygen atoms in total. The summed E-state index contributed by atoms with van der Waals surface area (Å²) in [5, 5.41) is 6.19. The van der Waals surface area contributed by atoms with Gasteiger partial charge in [-0.25, -0.2) is 9.97 Å². The molecule has 2 rings (SSSR count). The summed E-state index contributed by atoms with van der Waals surface area (Å²) in [6, 6.07) is 7.88. The van der Waals surface area contributed by atoms with E-state index in [1.807, 2.05) is 6.07 Å². The molecule has 2 aromatic rings. The molecule has 2 N–H and O–H groups in total. The molecule has 1 aromatic heterocycles. The van der Waals surface area contributed by atoms with Crippen molar-refractivity contribution in [1.82, 2.24) is 15.3 Å². The van der Waals surface area contributed by atoms with Crippen molar-refractivity contribution in [2.45, 2.75) is 40.0 Å². The van der Waals surface area contributed by atoms with Gasteiger partial charge in [-0.3, -0.25) is 4.79 Å². The van der Waals surface area contributed by atoms with Crippen LogP contribution in [0.5, 0.6) is 0 Å². The van der Waals surface area contributed by atoms with E-state index in [9.17, 15) is 4.79 Å². The minimum absolute atomic E-state index is 0.163. The van der Waals surface area contributed by atoms with E-state index in [-0.39, 0.29) is 5.91 Å². The fraction of sp³-hybridized carbons (Fsp3) is 0.389. The zero-order valence-corrected chi connectivity index (χ0v) is 14.0. The molecule has 0 aliphatic heterocycles. The maximum Gasteiger partial charge on any atom is 0.270 e. The number of amides is 1. The Balaban J connectivity index is 2.16. The van der Waals surface area contributed by atoms with Crippen molar-refractivity contribution < 1.29 is 4.79 Å². The second kappa shape index (κ2) is 8.27. The highest BCUT2D eigenvalue weighted by Crippen LogP contribution is 2.24. The molecule has 0 radical (unpaired) electrons. The van der Waals surface area contributed by atoms with Gasteiger partial charge in [0.05, 0.1) is 0 Å². The van der Waals surface area contributed by atoms with Crippen molar-refractivity contribution >= 4 is 17.4 Å². The molecule has 0 atom stereocenters. The van der Waals surface area contributed by atoms with Gasteiger partial charge in [0.2, 0.25) is 0 Å². The Hall–Kier alpha value is -2.43. The number of carbonyl (C=O) groups is 1. The Morgan fingerprint density at radius 3 is 2.78 bits per heavy atom. The largest absolute Gasteiger partial charge is 0.351 e. The second-order valence-corrected chi connectivity index (χ2v) is 5.49. The molecule has 0 aliphatic rings. The molecule has 0 spiro atoms. The number of para-hydroxylation sites is 1. The summed E-state index contributed by atoms with van der Waals surface area (Å²) in [7, 11) is 0. The van der Waals surface area contributed by atoms with Crippen LogP contribution >= 0.6 is 0 Å². The number of aryl methyl sites for hydroxylation is 2. The van der Waals surface area contributed by atoms with E-state index in [2.05, 4.69) is 53.5 Å². The average Bonchev–Trinajstić information content (AvgIpc) is 2.57. The van der Waals surface area contributed by atoms with Gasteiger partial charge in [0.25, 0.3) is 5.91 Å². The standard InChI is InChI=1S/C18H24N4O/c1-4-6-10-19-18(23)15-11-16(21-12-20-15)22-17-13(3)8-7-9-14(17)5-2/h7-9,11-12H,4-6,10H2,1-3H3,(H,19,23)(H,20,21,22). The van der Waals surface area contributed by atoms with E-state index in [1.54, 1.807) is 6.07 Å². The van der Waals surface area contributed by atoms with Crippen LogP contribution in [0.2, 0.25) is 0 Å². The summed E-state index contributed by atoms with van der Waals surface area (Å²) in [6.45, 7) is 6.93. The quantitative estimate of drug-likeness (QED) is 0.766. The third-order valence-corrected chi connectivity index (χ3v) is 3.71. The van der Waals surface area contributed by atoms with Gasteiger partial charge in [-0.15, -0.1) is 0 Å². The zero-order chi connectivity index (χ0) is 16.7. The number of rotatable bonds is 7.